The number of rotatable bonds is 10. The zero-order chi connectivity index (χ0) is 13.9. The summed E-state index contributed by atoms with van der Waals surface area (Å²) >= 11 is 0. The Kier molecular flexibility index (Phi) is 8.09. The third-order valence-electron chi connectivity index (χ3n) is 2.67. The van der Waals surface area contributed by atoms with Crippen LogP contribution < -0.4 is 5.32 Å². The second-order valence-corrected chi connectivity index (χ2v) is 4.96. The van der Waals surface area contributed by atoms with Crippen molar-refractivity contribution >= 4 is 0 Å². The van der Waals surface area contributed by atoms with Gasteiger partial charge in [-0.2, -0.15) is 5.10 Å². The molecule has 0 saturated heterocycles. The number of allylic oxidation sites excluding steroid dienone is 1. The fourth-order valence-electron chi connectivity index (χ4n) is 1.74. The Hall–Kier alpha value is -1.20. The Morgan fingerprint density at radius 2 is 2.21 bits per heavy atom. The Balaban J connectivity index is 2.19. The third kappa shape index (κ3) is 7.08. The van der Waals surface area contributed by atoms with E-state index >= 15 is 0 Å². The van der Waals surface area contributed by atoms with E-state index in [1.54, 1.807) is 13.4 Å². The van der Waals surface area contributed by atoms with Crippen LogP contribution in [0.25, 0.3) is 0 Å². The van der Waals surface area contributed by atoms with Crippen molar-refractivity contribution in [2.24, 2.45) is 5.92 Å². The lowest BCUT2D eigenvalue weighted by molar-refractivity contribution is 0.199. The van der Waals surface area contributed by atoms with Crippen LogP contribution >= 0.6 is 0 Å². The summed E-state index contributed by atoms with van der Waals surface area (Å²) in [5.74, 6) is 1.63. The van der Waals surface area contributed by atoms with Crippen molar-refractivity contribution in [3.05, 3.63) is 24.3 Å². The normalized spacial score (nSPS) is 11.8. The maximum Gasteiger partial charge on any atom is 0.138 e. The van der Waals surface area contributed by atoms with E-state index in [-0.39, 0.29) is 0 Å². The lowest BCUT2D eigenvalue weighted by atomic mass is 10.2. The van der Waals surface area contributed by atoms with Crippen molar-refractivity contribution in [1.29, 1.82) is 0 Å². The predicted octanol–water partition coefficient (Wildman–Crippen LogP) is 1.66. The molecule has 0 bridgehead atoms. The topological polar surface area (TPSA) is 52.0 Å². The van der Waals surface area contributed by atoms with Crippen LogP contribution in [-0.4, -0.2) is 41.6 Å². The third-order valence-corrected chi connectivity index (χ3v) is 2.67. The number of nitrogens with zero attached hydrogens (tertiary/aromatic N) is 3. The zero-order valence-corrected chi connectivity index (χ0v) is 12.3. The number of aromatic nitrogens is 3. The molecule has 0 radical (unpaired) electrons. The maximum absolute atomic E-state index is 4.96. The summed E-state index contributed by atoms with van der Waals surface area (Å²) in [7, 11) is 1.72. The first-order valence-electron chi connectivity index (χ1n) is 6.95. The zero-order valence-electron chi connectivity index (χ0n) is 12.3. The van der Waals surface area contributed by atoms with E-state index < -0.39 is 0 Å². The second kappa shape index (κ2) is 9.69. The second-order valence-electron chi connectivity index (χ2n) is 4.96. The minimum Gasteiger partial charge on any atom is -0.383 e. The molecule has 0 aliphatic carbocycles. The van der Waals surface area contributed by atoms with E-state index in [9.17, 15) is 0 Å². The molecule has 0 spiro atoms. The van der Waals surface area contributed by atoms with Gasteiger partial charge in [-0.3, -0.25) is 0 Å². The van der Waals surface area contributed by atoms with Gasteiger partial charge in [0.1, 0.15) is 12.2 Å². The number of nitrogens with one attached hydrogen (secondary N) is 1. The van der Waals surface area contributed by atoms with Crippen LogP contribution in [0.2, 0.25) is 0 Å². The van der Waals surface area contributed by atoms with Gasteiger partial charge in [-0.15, -0.1) is 0 Å². The van der Waals surface area contributed by atoms with Gasteiger partial charge < -0.3 is 10.1 Å². The summed E-state index contributed by atoms with van der Waals surface area (Å²) in [5.41, 5.74) is 0. The van der Waals surface area contributed by atoms with Crippen molar-refractivity contribution < 1.29 is 4.74 Å². The number of hydrogen-bond donors (Lipinski definition) is 1. The highest BCUT2D eigenvalue weighted by atomic mass is 16.5. The van der Waals surface area contributed by atoms with Crippen molar-refractivity contribution in [1.82, 2.24) is 20.1 Å². The van der Waals surface area contributed by atoms with Gasteiger partial charge in [0.05, 0.1) is 6.61 Å². The van der Waals surface area contributed by atoms with Gasteiger partial charge in [-0.1, -0.05) is 26.0 Å². The first kappa shape index (κ1) is 15.9. The van der Waals surface area contributed by atoms with E-state index in [2.05, 4.69) is 41.4 Å². The molecular weight excluding hydrogens is 240 g/mol. The van der Waals surface area contributed by atoms with Gasteiger partial charge in [0.2, 0.25) is 0 Å². The molecule has 1 N–H and O–H groups in total. The molecule has 1 aromatic rings. The molecule has 5 heteroatoms. The largest absolute Gasteiger partial charge is 0.383 e. The molecule has 1 aromatic heterocycles. The van der Waals surface area contributed by atoms with E-state index in [1.807, 2.05) is 4.68 Å². The minimum absolute atomic E-state index is 0.592. The van der Waals surface area contributed by atoms with Crippen LogP contribution in [0.5, 0.6) is 0 Å². The lowest BCUT2D eigenvalue weighted by Gasteiger charge is -2.06. The molecule has 1 heterocycles. The summed E-state index contributed by atoms with van der Waals surface area (Å²) in [6.07, 6.45) is 7.87. The van der Waals surface area contributed by atoms with E-state index in [0.717, 1.165) is 44.9 Å². The first-order valence-corrected chi connectivity index (χ1v) is 6.95. The quantitative estimate of drug-likeness (QED) is 0.517. The highest BCUT2D eigenvalue weighted by Crippen LogP contribution is 2.02. The molecule has 0 amide bonds. The van der Waals surface area contributed by atoms with Gasteiger partial charge in [-0.25, -0.2) is 9.67 Å². The Bertz CT molecular complexity index is 360. The van der Waals surface area contributed by atoms with Crippen molar-refractivity contribution in [2.45, 2.75) is 33.2 Å². The Morgan fingerprint density at radius 3 is 2.95 bits per heavy atom. The summed E-state index contributed by atoms with van der Waals surface area (Å²) in [6.45, 7) is 7.97. The molecule has 19 heavy (non-hydrogen) atoms. The molecule has 0 aliphatic heterocycles. The number of hydrogen-bond acceptors (Lipinski definition) is 4. The van der Waals surface area contributed by atoms with Crippen LogP contribution in [0.4, 0.5) is 0 Å². The monoisotopic (exact) mass is 266 g/mol. The Labute approximate surface area is 116 Å². The van der Waals surface area contributed by atoms with Crippen molar-refractivity contribution in [2.75, 3.05) is 26.8 Å². The first-order chi connectivity index (χ1) is 9.24. The van der Waals surface area contributed by atoms with Crippen LogP contribution in [0.15, 0.2) is 18.5 Å². The molecule has 0 fully saturated rings. The van der Waals surface area contributed by atoms with E-state index in [4.69, 9.17) is 4.74 Å². The molecule has 0 aromatic carbocycles. The van der Waals surface area contributed by atoms with E-state index in [0.29, 0.717) is 5.92 Å². The highest BCUT2D eigenvalue weighted by molar-refractivity contribution is 4.96. The molecule has 1 rings (SSSR count). The van der Waals surface area contributed by atoms with Crippen LogP contribution in [0, 0.1) is 5.92 Å². The fraction of sp³-hybridized carbons (Fsp3) is 0.714. The molecule has 0 unspecified atom stereocenters. The van der Waals surface area contributed by atoms with Gasteiger partial charge in [0, 0.05) is 26.6 Å². The van der Waals surface area contributed by atoms with Gasteiger partial charge >= 0.3 is 0 Å². The summed E-state index contributed by atoms with van der Waals surface area (Å²) in [4.78, 5) is 4.30. The van der Waals surface area contributed by atoms with E-state index in [1.165, 1.54) is 0 Å². The smallest absolute Gasteiger partial charge is 0.138 e. The molecule has 0 aliphatic rings. The van der Waals surface area contributed by atoms with Gasteiger partial charge in [-0.05, 0) is 18.9 Å². The molecule has 0 saturated carbocycles. The van der Waals surface area contributed by atoms with Crippen LogP contribution in [-0.2, 0) is 17.7 Å². The maximum atomic E-state index is 4.96. The van der Waals surface area contributed by atoms with Gasteiger partial charge in [0.15, 0.2) is 0 Å². The standard InChI is InChI=1S/C14H26N4O/c1-13(2)11-18-14(16-12-17-18)7-5-4-6-8-15-9-10-19-3/h4-5,12-13,15H,6-11H2,1-3H3. The molecular formula is C14H26N4O. The van der Waals surface area contributed by atoms with Crippen LogP contribution in [0.1, 0.15) is 26.1 Å². The lowest BCUT2D eigenvalue weighted by Crippen LogP contribution is -2.19. The average molecular weight is 266 g/mol. The SMILES string of the molecule is COCCNCCC=CCc1ncnn1CC(C)C. The minimum atomic E-state index is 0.592. The van der Waals surface area contributed by atoms with Crippen molar-refractivity contribution in [3.63, 3.8) is 0 Å². The average Bonchev–Trinajstić information content (AvgIpc) is 2.79. The summed E-state index contributed by atoms with van der Waals surface area (Å²) in [6, 6.07) is 0. The summed E-state index contributed by atoms with van der Waals surface area (Å²) < 4.78 is 6.96. The fourth-order valence-corrected chi connectivity index (χ4v) is 1.74. The number of methoxy groups -OCH3 is 1. The molecule has 108 valence electrons. The Morgan fingerprint density at radius 1 is 1.37 bits per heavy atom. The molecule has 5 nitrogen and oxygen atoms in total. The highest BCUT2D eigenvalue weighted by Gasteiger charge is 2.03. The molecule has 0 atom stereocenters. The van der Waals surface area contributed by atoms with Gasteiger partial charge in [0.25, 0.3) is 0 Å². The summed E-state index contributed by atoms with van der Waals surface area (Å²) in [5, 5.41) is 7.56. The number of ether oxygens (including phenoxy) is 1. The predicted molar refractivity (Wildman–Crippen MR) is 77.1 cm³/mol. The van der Waals surface area contributed by atoms with Crippen LogP contribution in [0.3, 0.4) is 0 Å². The van der Waals surface area contributed by atoms with Crippen molar-refractivity contribution in [3.8, 4) is 0 Å².